The number of ether oxygens (including phenoxy) is 1. The van der Waals surface area contributed by atoms with Crippen LogP contribution in [0.15, 0.2) is 60.3 Å². The standard InChI is InChI=1S/C29H27ClN4O3/c30-21-12-19-15-26(29(36)34-10-8-31-9-11-34)37-27(19)24(16-21)22-6-7-32-25-14-20(13-23(22)25)28(35)33-17-18-4-2-1-3-5-18/h1-7,12-13,16,26,31H,8-11,14-15,17H2,(H,33,35). The zero-order valence-electron chi connectivity index (χ0n) is 20.3. The van der Waals surface area contributed by atoms with Crippen LogP contribution in [-0.2, 0) is 29.0 Å². The van der Waals surface area contributed by atoms with Gasteiger partial charge >= 0.3 is 0 Å². The molecule has 2 aromatic carbocycles. The van der Waals surface area contributed by atoms with Crippen molar-refractivity contribution in [2.45, 2.75) is 25.5 Å². The van der Waals surface area contributed by atoms with E-state index in [9.17, 15) is 9.59 Å². The number of benzene rings is 2. The summed E-state index contributed by atoms with van der Waals surface area (Å²) in [5, 5.41) is 6.87. The van der Waals surface area contributed by atoms with Gasteiger partial charge in [0.15, 0.2) is 6.10 Å². The van der Waals surface area contributed by atoms with E-state index in [1.54, 1.807) is 6.20 Å². The zero-order chi connectivity index (χ0) is 25.4. The van der Waals surface area contributed by atoms with Crippen LogP contribution in [-0.4, -0.2) is 54.0 Å². The maximum absolute atomic E-state index is 13.1. The summed E-state index contributed by atoms with van der Waals surface area (Å²) in [5.74, 6) is 0.584. The molecular weight excluding hydrogens is 488 g/mol. The Morgan fingerprint density at radius 3 is 2.73 bits per heavy atom. The molecular formula is C29H27ClN4O3. The Balaban J connectivity index is 1.26. The molecule has 0 saturated carbocycles. The predicted octanol–water partition coefficient (Wildman–Crippen LogP) is 3.39. The van der Waals surface area contributed by atoms with Gasteiger partial charge in [0, 0.05) is 79.0 Å². The lowest BCUT2D eigenvalue weighted by molar-refractivity contribution is -0.138. The highest BCUT2D eigenvalue weighted by molar-refractivity contribution is 6.31. The minimum absolute atomic E-state index is 0.0111. The number of nitrogens with one attached hydrogen (secondary N) is 2. The van der Waals surface area contributed by atoms with Crippen LogP contribution in [0.2, 0.25) is 5.02 Å². The van der Waals surface area contributed by atoms with Gasteiger partial charge in [-0.3, -0.25) is 14.6 Å². The Labute approximate surface area is 220 Å². The number of halogens is 1. The lowest BCUT2D eigenvalue weighted by atomic mass is 9.97. The van der Waals surface area contributed by atoms with Crippen molar-refractivity contribution in [3.8, 4) is 16.9 Å². The summed E-state index contributed by atoms with van der Waals surface area (Å²) in [6.07, 6.45) is 4.04. The molecule has 1 aromatic heterocycles. The van der Waals surface area contributed by atoms with E-state index in [-0.39, 0.29) is 11.8 Å². The number of hydrogen-bond donors (Lipinski definition) is 2. The number of carbonyl (C=O) groups excluding carboxylic acids is 2. The third kappa shape index (κ3) is 4.72. The van der Waals surface area contributed by atoms with E-state index in [0.717, 1.165) is 46.6 Å². The van der Waals surface area contributed by atoms with Gasteiger partial charge in [0.05, 0.1) is 5.69 Å². The van der Waals surface area contributed by atoms with Crippen molar-refractivity contribution in [1.82, 2.24) is 20.5 Å². The van der Waals surface area contributed by atoms with E-state index in [0.29, 0.717) is 48.8 Å². The van der Waals surface area contributed by atoms with Gasteiger partial charge in [0.2, 0.25) is 5.91 Å². The molecule has 8 heteroatoms. The molecule has 0 spiro atoms. The summed E-state index contributed by atoms with van der Waals surface area (Å²) in [6, 6.07) is 15.5. The fourth-order valence-corrected chi connectivity index (χ4v) is 5.49. The second kappa shape index (κ2) is 10.00. The van der Waals surface area contributed by atoms with Crippen molar-refractivity contribution < 1.29 is 14.3 Å². The minimum Gasteiger partial charge on any atom is -0.479 e. The molecule has 2 N–H and O–H groups in total. The van der Waals surface area contributed by atoms with Crippen LogP contribution < -0.4 is 15.4 Å². The Morgan fingerprint density at radius 1 is 1.11 bits per heavy atom. The van der Waals surface area contributed by atoms with E-state index in [1.165, 1.54) is 0 Å². The van der Waals surface area contributed by atoms with Crippen molar-refractivity contribution in [1.29, 1.82) is 0 Å². The Bertz CT molecular complexity index is 1400. The fourth-order valence-electron chi connectivity index (χ4n) is 5.25. The van der Waals surface area contributed by atoms with Crippen molar-refractivity contribution in [2.24, 2.45) is 0 Å². The molecule has 3 heterocycles. The van der Waals surface area contributed by atoms with Gasteiger partial charge in [-0.25, -0.2) is 0 Å². The average molecular weight is 515 g/mol. The molecule has 188 valence electrons. The van der Waals surface area contributed by atoms with Crippen molar-refractivity contribution >= 4 is 29.5 Å². The van der Waals surface area contributed by atoms with Gasteiger partial charge in [0.1, 0.15) is 5.75 Å². The zero-order valence-corrected chi connectivity index (χ0v) is 21.1. The second-order valence-electron chi connectivity index (χ2n) is 9.56. The largest absolute Gasteiger partial charge is 0.479 e. The summed E-state index contributed by atoms with van der Waals surface area (Å²) < 4.78 is 6.29. The molecule has 37 heavy (non-hydrogen) atoms. The first-order valence-corrected chi connectivity index (χ1v) is 12.9. The van der Waals surface area contributed by atoms with Crippen LogP contribution in [0.25, 0.3) is 17.2 Å². The first-order chi connectivity index (χ1) is 18.1. The molecule has 1 atom stereocenters. The molecule has 2 aliphatic heterocycles. The van der Waals surface area contributed by atoms with E-state index >= 15 is 0 Å². The summed E-state index contributed by atoms with van der Waals surface area (Å²) in [5.41, 5.74) is 6.06. The quantitative estimate of drug-likeness (QED) is 0.545. The average Bonchev–Trinajstić information content (AvgIpc) is 3.56. The molecule has 1 saturated heterocycles. The van der Waals surface area contributed by atoms with Crippen LogP contribution in [0, 0.1) is 0 Å². The number of hydrogen-bond acceptors (Lipinski definition) is 5. The molecule has 0 radical (unpaired) electrons. The number of amides is 2. The minimum atomic E-state index is -0.560. The molecule has 3 aliphatic rings. The number of carbonyl (C=O) groups is 2. The van der Waals surface area contributed by atoms with Gasteiger partial charge in [0.25, 0.3) is 5.91 Å². The van der Waals surface area contributed by atoms with Crippen LogP contribution in [0.3, 0.4) is 0 Å². The van der Waals surface area contributed by atoms with E-state index in [2.05, 4.69) is 15.6 Å². The summed E-state index contributed by atoms with van der Waals surface area (Å²) >= 11 is 6.53. The van der Waals surface area contributed by atoms with Crippen molar-refractivity contribution in [3.63, 3.8) is 0 Å². The number of piperazine rings is 1. The van der Waals surface area contributed by atoms with Gasteiger partial charge in [-0.05, 0) is 35.4 Å². The SMILES string of the molecule is O=C(NCc1ccccc1)C1=Cc2c(-c3cc(Cl)cc4c3OC(C(=O)N3CCNCC3)C4)ccnc2C1. The Hall–Kier alpha value is -3.68. The van der Waals surface area contributed by atoms with Gasteiger partial charge in [-0.1, -0.05) is 41.9 Å². The van der Waals surface area contributed by atoms with Gasteiger partial charge < -0.3 is 20.3 Å². The molecule has 0 bridgehead atoms. The number of nitrogens with zero attached hydrogens (tertiary/aromatic N) is 2. The van der Waals surface area contributed by atoms with Crippen LogP contribution in [0.4, 0.5) is 0 Å². The van der Waals surface area contributed by atoms with E-state index < -0.39 is 6.10 Å². The van der Waals surface area contributed by atoms with Crippen LogP contribution in [0.5, 0.6) is 5.75 Å². The lowest BCUT2D eigenvalue weighted by Gasteiger charge is -2.29. The number of rotatable bonds is 5. The third-order valence-electron chi connectivity index (χ3n) is 7.13. The topological polar surface area (TPSA) is 83.6 Å². The maximum atomic E-state index is 13.1. The predicted molar refractivity (Wildman–Crippen MR) is 142 cm³/mol. The molecule has 2 amide bonds. The first kappa shape index (κ1) is 23.7. The summed E-state index contributed by atoms with van der Waals surface area (Å²) in [7, 11) is 0. The number of pyridine rings is 1. The molecule has 3 aromatic rings. The highest BCUT2D eigenvalue weighted by Crippen LogP contribution is 2.44. The molecule has 1 fully saturated rings. The van der Waals surface area contributed by atoms with Gasteiger partial charge in [-0.15, -0.1) is 0 Å². The highest BCUT2D eigenvalue weighted by Gasteiger charge is 2.35. The smallest absolute Gasteiger partial charge is 0.264 e. The lowest BCUT2D eigenvalue weighted by Crippen LogP contribution is -2.50. The molecule has 1 aliphatic carbocycles. The highest BCUT2D eigenvalue weighted by atomic mass is 35.5. The maximum Gasteiger partial charge on any atom is 0.264 e. The van der Waals surface area contributed by atoms with Gasteiger partial charge in [-0.2, -0.15) is 0 Å². The Morgan fingerprint density at radius 2 is 1.92 bits per heavy atom. The van der Waals surface area contributed by atoms with Crippen molar-refractivity contribution in [3.05, 3.63) is 87.7 Å². The molecule has 6 rings (SSSR count). The van der Waals surface area contributed by atoms with Crippen LogP contribution >= 0.6 is 11.6 Å². The normalized spacial score (nSPS) is 18.0. The second-order valence-corrected chi connectivity index (χ2v) is 10.00. The van der Waals surface area contributed by atoms with E-state index in [4.69, 9.17) is 16.3 Å². The monoisotopic (exact) mass is 514 g/mol. The molecule has 1 unspecified atom stereocenters. The first-order valence-electron chi connectivity index (χ1n) is 12.6. The fraction of sp³-hybridized carbons (Fsp3) is 0.276. The number of aromatic nitrogens is 1. The molecule has 7 nitrogen and oxygen atoms in total. The van der Waals surface area contributed by atoms with Crippen LogP contribution in [0.1, 0.15) is 22.4 Å². The summed E-state index contributed by atoms with van der Waals surface area (Å²) in [4.78, 5) is 32.5. The van der Waals surface area contributed by atoms with Crippen molar-refractivity contribution in [2.75, 3.05) is 26.2 Å². The number of fused-ring (bicyclic) bond motifs is 2. The van der Waals surface area contributed by atoms with E-state index in [1.807, 2.05) is 59.5 Å². The summed E-state index contributed by atoms with van der Waals surface area (Å²) in [6.45, 7) is 3.41. The Kier molecular flexibility index (Phi) is 6.40. The third-order valence-corrected chi connectivity index (χ3v) is 7.35.